The second kappa shape index (κ2) is 9.88. The first-order valence-corrected chi connectivity index (χ1v) is 10.5. The Labute approximate surface area is 163 Å². The van der Waals surface area contributed by atoms with E-state index in [1.54, 1.807) is 4.90 Å². The van der Waals surface area contributed by atoms with Gasteiger partial charge in [-0.15, -0.1) is 0 Å². The van der Waals surface area contributed by atoms with E-state index in [2.05, 4.69) is 36.1 Å². The second-order valence-corrected chi connectivity index (χ2v) is 7.98. The third-order valence-corrected chi connectivity index (χ3v) is 5.76. The van der Waals surface area contributed by atoms with E-state index in [0.717, 1.165) is 25.2 Å². The molecule has 3 rings (SSSR count). The molecular formula is C22H33N3O2. The zero-order valence-corrected chi connectivity index (χ0v) is 16.7. The van der Waals surface area contributed by atoms with Gasteiger partial charge in [0, 0.05) is 32.6 Å². The van der Waals surface area contributed by atoms with Crippen LogP contribution in [-0.2, 0) is 16.1 Å². The van der Waals surface area contributed by atoms with E-state index in [1.165, 1.54) is 37.7 Å². The number of hydrogen-bond acceptors (Lipinski definition) is 3. The molecule has 148 valence electrons. The number of amides is 2. The predicted molar refractivity (Wildman–Crippen MR) is 107 cm³/mol. The van der Waals surface area contributed by atoms with Crippen molar-refractivity contribution in [3.63, 3.8) is 0 Å². The van der Waals surface area contributed by atoms with Crippen LogP contribution in [0.15, 0.2) is 24.3 Å². The third kappa shape index (κ3) is 6.06. The summed E-state index contributed by atoms with van der Waals surface area (Å²) in [7, 11) is 0. The molecular weight excluding hydrogens is 338 g/mol. The zero-order chi connectivity index (χ0) is 19.1. The Kier molecular flexibility index (Phi) is 7.27. The number of likely N-dealkylation sites (tertiary alicyclic amines) is 1. The van der Waals surface area contributed by atoms with Crippen molar-refractivity contribution in [2.75, 3.05) is 39.3 Å². The molecule has 0 radical (unpaired) electrons. The minimum absolute atomic E-state index is 0.0569. The number of carbonyl (C=O) groups excluding carboxylic acids is 2. The molecule has 0 aromatic heterocycles. The maximum Gasteiger partial charge on any atom is 0.242 e. The molecule has 5 heteroatoms. The Balaban J connectivity index is 1.43. The molecule has 0 N–H and O–H groups in total. The number of nitrogens with zero attached hydrogens (tertiary/aromatic N) is 3. The maximum absolute atomic E-state index is 12.6. The van der Waals surface area contributed by atoms with E-state index in [9.17, 15) is 9.59 Å². The van der Waals surface area contributed by atoms with Gasteiger partial charge in [0.25, 0.3) is 0 Å². The molecule has 0 aliphatic carbocycles. The van der Waals surface area contributed by atoms with Crippen molar-refractivity contribution in [2.24, 2.45) is 0 Å². The fraction of sp³-hybridized carbons (Fsp3) is 0.636. The van der Waals surface area contributed by atoms with Gasteiger partial charge in [0.2, 0.25) is 11.8 Å². The number of rotatable bonds is 5. The minimum Gasteiger partial charge on any atom is -0.335 e. The normalized spacial score (nSPS) is 19.7. The number of hydrogen-bond donors (Lipinski definition) is 0. The van der Waals surface area contributed by atoms with Crippen LogP contribution in [0.1, 0.15) is 49.7 Å². The summed E-state index contributed by atoms with van der Waals surface area (Å²) in [6, 6.07) is 8.29. The summed E-state index contributed by atoms with van der Waals surface area (Å²) >= 11 is 0. The molecule has 0 atom stereocenters. The first-order valence-electron chi connectivity index (χ1n) is 10.5. The van der Waals surface area contributed by atoms with Crippen molar-refractivity contribution in [3.8, 4) is 0 Å². The Morgan fingerprint density at radius 2 is 1.59 bits per heavy atom. The Hall–Kier alpha value is -1.88. The molecule has 2 heterocycles. The minimum atomic E-state index is 0.0569. The van der Waals surface area contributed by atoms with Crippen LogP contribution < -0.4 is 0 Å². The molecule has 0 saturated carbocycles. The number of aryl methyl sites for hydroxylation is 1. The van der Waals surface area contributed by atoms with E-state index in [0.29, 0.717) is 26.1 Å². The lowest BCUT2D eigenvalue weighted by molar-refractivity contribution is -0.145. The van der Waals surface area contributed by atoms with Crippen molar-refractivity contribution in [1.82, 2.24) is 14.7 Å². The Bertz CT molecular complexity index is 621. The molecule has 0 unspecified atom stereocenters. The van der Waals surface area contributed by atoms with Crippen LogP contribution in [0.25, 0.3) is 0 Å². The lowest BCUT2D eigenvalue weighted by Crippen LogP contribution is -2.52. The highest BCUT2D eigenvalue weighted by Crippen LogP contribution is 2.13. The highest BCUT2D eigenvalue weighted by Gasteiger charge is 2.27. The summed E-state index contributed by atoms with van der Waals surface area (Å²) in [5.41, 5.74) is 2.37. The summed E-state index contributed by atoms with van der Waals surface area (Å²) in [6.45, 7) is 7.24. The largest absolute Gasteiger partial charge is 0.335 e. The fourth-order valence-corrected chi connectivity index (χ4v) is 3.95. The van der Waals surface area contributed by atoms with Gasteiger partial charge in [-0.2, -0.15) is 0 Å². The SMILES string of the molecule is Cc1ccc(CN2CCN(C(=O)CCN3CCCCCCC3)CC2=O)cc1. The Morgan fingerprint density at radius 3 is 2.26 bits per heavy atom. The average molecular weight is 372 g/mol. The second-order valence-electron chi connectivity index (χ2n) is 7.98. The van der Waals surface area contributed by atoms with Crippen molar-refractivity contribution < 1.29 is 9.59 Å². The average Bonchev–Trinajstić information content (AvgIpc) is 2.64. The van der Waals surface area contributed by atoms with Gasteiger partial charge in [0.1, 0.15) is 0 Å². The third-order valence-electron chi connectivity index (χ3n) is 5.76. The highest BCUT2D eigenvalue weighted by atomic mass is 16.2. The molecule has 0 spiro atoms. The van der Waals surface area contributed by atoms with Gasteiger partial charge in [-0.3, -0.25) is 9.59 Å². The smallest absolute Gasteiger partial charge is 0.242 e. The molecule has 5 nitrogen and oxygen atoms in total. The van der Waals surface area contributed by atoms with Crippen molar-refractivity contribution in [2.45, 2.75) is 52.0 Å². The van der Waals surface area contributed by atoms with Crippen LogP contribution in [0, 0.1) is 6.92 Å². The molecule has 2 aliphatic rings. The van der Waals surface area contributed by atoms with Gasteiger partial charge in [-0.1, -0.05) is 49.1 Å². The summed E-state index contributed by atoms with van der Waals surface area (Å²) in [5, 5.41) is 0. The van der Waals surface area contributed by atoms with E-state index < -0.39 is 0 Å². The van der Waals surface area contributed by atoms with Crippen LogP contribution in [0.2, 0.25) is 0 Å². The molecule has 27 heavy (non-hydrogen) atoms. The topological polar surface area (TPSA) is 43.9 Å². The molecule has 2 fully saturated rings. The molecule has 2 amide bonds. The van der Waals surface area contributed by atoms with Crippen LogP contribution in [0.5, 0.6) is 0 Å². The van der Waals surface area contributed by atoms with Crippen molar-refractivity contribution in [3.05, 3.63) is 35.4 Å². The van der Waals surface area contributed by atoms with E-state index in [4.69, 9.17) is 0 Å². The summed E-state index contributed by atoms with van der Waals surface area (Å²) in [5.74, 6) is 0.182. The zero-order valence-electron chi connectivity index (χ0n) is 16.7. The van der Waals surface area contributed by atoms with Crippen molar-refractivity contribution >= 4 is 11.8 Å². The van der Waals surface area contributed by atoms with Crippen LogP contribution >= 0.6 is 0 Å². The van der Waals surface area contributed by atoms with Gasteiger partial charge in [-0.25, -0.2) is 0 Å². The monoisotopic (exact) mass is 371 g/mol. The van der Waals surface area contributed by atoms with Gasteiger partial charge in [0.15, 0.2) is 0 Å². The van der Waals surface area contributed by atoms with Crippen LogP contribution in [0.3, 0.4) is 0 Å². The summed E-state index contributed by atoms with van der Waals surface area (Å²) in [4.78, 5) is 31.1. The summed E-state index contributed by atoms with van der Waals surface area (Å²) < 4.78 is 0. The molecule has 0 bridgehead atoms. The van der Waals surface area contributed by atoms with Gasteiger partial charge < -0.3 is 14.7 Å². The van der Waals surface area contributed by atoms with Gasteiger partial charge >= 0.3 is 0 Å². The van der Waals surface area contributed by atoms with E-state index in [1.807, 2.05) is 4.90 Å². The van der Waals surface area contributed by atoms with Crippen LogP contribution in [-0.4, -0.2) is 65.8 Å². The Morgan fingerprint density at radius 1 is 0.926 bits per heavy atom. The standard InChI is InChI=1S/C22H33N3O2/c1-19-7-9-20(10-8-19)17-24-15-16-25(18-22(24)27)21(26)11-14-23-12-5-3-2-4-6-13-23/h7-10H,2-6,11-18H2,1H3. The van der Waals surface area contributed by atoms with Crippen LogP contribution in [0.4, 0.5) is 0 Å². The van der Waals surface area contributed by atoms with E-state index in [-0.39, 0.29) is 18.4 Å². The quantitative estimate of drug-likeness (QED) is 0.799. The molecule has 2 aliphatic heterocycles. The number of benzene rings is 1. The molecule has 1 aromatic carbocycles. The first kappa shape index (κ1) is 19.9. The van der Waals surface area contributed by atoms with Gasteiger partial charge in [0.05, 0.1) is 6.54 Å². The predicted octanol–water partition coefficient (Wildman–Crippen LogP) is 2.82. The fourth-order valence-electron chi connectivity index (χ4n) is 3.95. The molecule has 2 saturated heterocycles. The van der Waals surface area contributed by atoms with Crippen molar-refractivity contribution in [1.29, 1.82) is 0 Å². The molecule has 1 aromatic rings. The lowest BCUT2D eigenvalue weighted by Gasteiger charge is -2.35. The summed E-state index contributed by atoms with van der Waals surface area (Å²) in [6.07, 6.45) is 6.98. The van der Waals surface area contributed by atoms with Gasteiger partial charge in [-0.05, 0) is 38.4 Å². The number of carbonyl (C=O) groups is 2. The first-order chi connectivity index (χ1) is 13.1. The number of piperazine rings is 1. The lowest BCUT2D eigenvalue weighted by atomic mass is 10.1. The van der Waals surface area contributed by atoms with E-state index >= 15 is 0 Å². The maximum atomic E-state index is 12.6. The highest BCUT2D eigenvalue weighted by molar-refractivity contribution is 5.86.